The van der Waals surface area contributed by atoms with Crippen molar-refractivity contribution in [1.82, 2.24) is 4.57 Å². The molecular weight excluding hydrogens is 357 g/mol. The molecule has 0 unspecified atom stereocenters. The number of nitriles is 1. The van der Waals surface area contributed by atoms with Crippen molar-refractivity contribution < 1.29 is 23.1 Å². The van der Waals surface area contributed by atoms with Crippen molar-refractivity contribution in [2.45, 2.75) is 25.1 Å². The first-order chi connectivity index (χ1) is 12.8. The Morgan fingerprint density at radius 1 is 1.15 bits per heavy atom. The molecule has 27 heavy (non-hydrogen) atoms. The Morgan fingerprint density at radius 3 is 2.33 bits per heavy atom. The van der Waals surface area contributed by atoms with Crippen LogP contribution in [0.5, 0.6) is 0 Å². The van der Waals surface area contributed by atoms with Crippen LogP contribution in [-0.2, 0) is 6.18 Å². The number of fused-ring (bicyclic) bond motifs is 1. The molecule has 2 aromatic carbocycles. The van der Waals surface area contributed by atoms with Crippen molar-refractivity contribution in [3.8, 4) is 17.2 Å². The Labute approximate surface area is 152 Å². The van der Waals surface area contributed by atoms with E-state index in [2.05, 4.69) is 0 Å². The lowest BCUT2D eigenvalue weighted by Gasteiger charge is -2.12. The summed E-state index contributed by atoms with van der Waals surface area (Å²) in [5, 5.41) is 18.8. The lowest BCUT2D eigenvalue weighted by atomic mass is 9.98. The maximum absolute atomic E-state index is 13.6. The van der Waals surface area contributed by atoms with E-state index in [0.29, 0.717) is 34.9 Å². The van der Waals surface area contributed by atoms with Gasteiger partial charge in [0.05, 0.1) is 22.7 Å². The minimum Gasteiger partial charge on any atom is -0.478 e. The molecule has 0 amide bonds. The predicted octanol–water partition coefficient (Wildman–Crippen LogP) is 5.23. The van der Waals surface area contributed by atoms with E-state index in [1.807, 2.05) is 6.07 Å². The van der Waals surface area contributed by atoms with Gasteiger partial charge in [-0.2, -0.15) is 18.4 Å². The highest BCUT2D eigenvalue weighted by Gasteiger charge is 2.40. The molecule has 7 heteroatoms. The zero-order chi connectivity index (χ0) is 19.3. The van der Waals surface area contributed by atoms with Gasteiger partial charge in [0.25, 0.3) is 0 Å². The first-order valence-corrected chi connectivity index (χ1v) is 8.29. The number of hydrogen-bond acceptors (Lipinski definition) is 2. The fourth-order valence-electron chi connectivity index (χ4n) is 3.37. The van der Waals surface area contributed by atoms with Crippen LogP contribution in [0.3, 0.4) is 0 Å². The summed E-state index contributed by atoms with van der Waals surface area (Å²) in [5.74, 6) is -1.09. The number of aromatic nitrogens is 1. The summed E-state index contributed by atoms with van der Waals surface area (Å²) in [7, 11) is 0. The van der Waals surface area contributed by atoms with Crippen molar-refractivity contribution in [2.75, 3.05) is 0 Å². The third kappa shape index (κ3) is 2.93. The van der Waals surface area contributed by atoms with Crippen LogP contribution in [-0.4, -0.2) is 15.6 Å². The highest BCUT2D eigenvalue weighted by atomic mass is 19.4. The van der Waals surface area contributed by atoms with E-state index >= 15 is 0 Å². The van der Waals surface area contributed by atoms with Gasteiger partial charge in [0.15, 0.2) is 0 Å². The molecule has 1 aliphatic rings. The third-order valence-electron chi connectivity index (χ3n) is 4.73. The van der Waals surface area contributed by atoms with Crippen molar-refractivity contribution in [1.29, 1.82) is 5.26 Å². The summed E-state index contributed by atoms with van der Waals surface area (Å²) in [6.45, 7) is 0. The molecule has 0 atom stereocenters. The van der Waals surface area contributed by atoms with Gasteiger partial charge in [-0.3, -0.25) is 0 Å². The highest BCUT2D eigenvalue weighted by Crippen LogP contribution is 2.46. The molecule has 0 spiro atoms. The van der Waals surface area contributed by atoms with Crippen molar-refractivity contribution in [2.24, 2.45) is 0 Å². The predicted molar refractivity (Wildman–Crippen MR) is 92.3 cm³/mol. The van der Waals surface area contributed by atoms with Crippen LogP contribution in [0.25, 0.3) is 22.0 Å². The molecule has 1 saturated carbocycles. The molecule has 0 radical (unpaired) electrons. The summed E-state index contributed by atoms with van der Waals surface area (Å²) in [5.41, 5.74) is 1.03. The van der Waals surface area contributed by atoms with E-state index in [0.717, 1.165) is 6.07 Å². The Balaban J connectivity index is 2.00. The van der Waals surface area contributed by atoms with E-state index < -0.39 is 17.8 Å². The SMILES string of the molecule is N#Cc1cc(-c2ccc(C(=O)O)cc2)c2cc(C(F)(F)F)n(C3CC3)c2c1. The van der Waals surface area contributed by atoms with Crippen molar-refractivity contribution in [3.05, 3.63) is 59.3 Å². The van der Waals surface area contributed by atoms with Crippen LogP contribution in [0.1, 0.15) is 40.5 Å². The Bertz CT molecular complexity index is 1100. The lowest BCUT2D eigenvalue weighted by Crippen LogP contribution is -2.12. The van der Waals surface area contributed by atoms with Crippen LogP contribution in [0.2, 0.25) is 0 Å². The largest absolute Gasteiger partial charge is 0.478 e. The number of nitrogens with zero attached hydrogens (tertiary/aromatic N) is 2. The number of benzene rings is 2. The van der Waals surface area contributed by atoms with Gasteiger partial charge in [0.1, 0.15) is 5.69 Å². The number of carboxylic acid groups (broad SMARTS) is 1. The molecule has 1 N–H and O–H groups in total. The van der Waals surface area contributed by atoms with E-state index in [4.69, 9.17) is 5.11 Å². The van der Waals surface area contributed by atoms with Crippen LogP contribution < -0.4 is 0 Å². The monoisotopic (exact) mass is 370 g/mol. The van der Waals surface area contributed by atoms with E-state index in [9.17, 15) is 23.2 Å². The number of rotatable bonds is 3. The van der Waals surface area contributed by atoms with E-state index in [-0.39, 0.29) is 17.2 Å². The second-order valence-electron chi connectivity index (χ2n) is 6.58. The standard InChI is InChI=1S/C20H13F3N2O2/c21-20(22,23)18-9-16-15(12-1-3-13(4-2-12)19(26)27)7-11(10-24)8-17(16)25(18)14-5-6-14/h1-4,7-9,14H,5-6H2,(H,26,27). The third-order valence-corrected chi connectivity index (χ3v) is 4.73. The zero-order valence-corrected chi connectivity index (χ0v) is 13.9. The van der Waals surface area contributed by atoms with Crippen LogP contribution in [0, 0.1) is 11.3 Å². The smallest absolute Gasteiger partial charge is 0.431 e. The minimum absolute atomic E-state index is 0.0814. The second-order valence-corrected chi connectivity index (χ2v) is 6.58. The Hall–Kier alpha value is -3.27. The van der Waals surface area contributed by atoms with Crippen LogP contribution in [0.4, 0.5) is 13.2 Å². The summed E-state index contributed by atoms with van der Waals surface area (Å²) in [6.07, 6.45) is -3.16. The molecule has 3 aromatic rings. The van der Waals surface area contributed by atoms with E-state index in [1.54, 1.807) is 12.1 Å². The lowest BCUT2D eigenvalue weighted by molar-refractivity contribution is -0.143. The molecule has 1 aliphatic carbocycles. The van der Waals surface area contributed by atoms with Gasteiger partial charge < -0.3 is 9.67 Å². The van der Waals surface area contributed by atoms with Crippen LogP contribution >= 0.6 is 0 Å². The Kier molecular flexibility index (Phi) is 3.74. The molecule has 0 saturated heterocycles. The second kappa shape index (κ2) is 5.88. The molecule has 1 heterocycles. The fraction of sp³-hybridized carbons (Fsp3) is 0.200. The zero-order valence-electron chi connectivity index (χ0n) is 13.9. The fourth-order valence-corrected chi connectivity index (χ4v) is 3.37. The van der Waals surface area contributed by atoms with Gasteiger partial charge in [-0.15, -0.1) is 0 Å². The maximum Gasteiger partial charge on any atom is 0.431 e. The number of halogens is 3. The minimum atomic E-state index is -4.50. The van der Waals surface area contributed by atoms with Gasteiger partial charge in [-0.25, -0.2) is 4.79 Å². The van der Waals surface area contributed by atoms with Crippen molar-refractivity contribution >= 4 is 16.9 Å². The van der Waals surface area contributed by atoms with Gasteiger partial charge >= 0.3 is 12.1 Å². The topological polar surface area (TPSA) is 66.0 Å². The summed E-state index contributed by atoms with van der Waals surface area (Å²) < 4.78 is 42.0. The van der Waals surface area contributed by atoms with Gasteiger partial charge in [0.2, 0.25) is 0 Å². The van der Waals surface area contributed by atoms with Gasteiger partial charge in [-0.1, -0.05) is 12.1 Å². The summed E-state index contributed by atoms with van der Waals surface area (Å²) >= 11 is 0. The van der Waals surface area contributed by atoms with Crippen LogP contribution in [0.15, 0.2) is 42.5 Å². The number of alkyl halides is 3. The molecule has 4 rings (SSSR count). The molecule has 0 bridgehead atoms. The van der Waals surface area contributed by atoms with Crippen molar-refractivity contribution in [3.63, 3.8) is 0 Å². The van der Waals surface area contributed by atoms with Gasteiger partial charge in [0, 0.05) is 11.4 Å². The highest BCUT2D eigenvalue weighted by molar-refractivity contribution is 5.98. The number of hydrogen-bond donors (Lipinski definition) is 1. The Morgan fingerprint density at radius 2 is 1.81 bits per heavy atom. The average molecular weight is 370 g/mol. The molecule has 4 nitrogen and oxygen atoms in total. The van der Waals surface area contributed by atoms with E-state index in [1.165, 1.54) is 28.8 Å². The number of carboxylic acids is 1. The molecule has 0 aliphatic heterocycles. The molecule has 1 aromatic heterocycles. The summed E-state index contributed by atoms with van der Waals surface area (Å²) in [4.78, 5) is 11.0. The van der Waals surface area contributed by atoms with Gasteiger partial charge in [-0.05, 0) is 54.3 Å². The molecule has 136 valence electrons. The quantitative estimate of drug-likeness (QED) is 0.686. The summed E-state index contributed by atoms with van der Waals surface area (Å²) in [6, 6.07) is 11.8. The number of aromatic carboxylic acids is 1. The number of carbonyl (C=O) groups is 1. The average Bonchev–Trinajstić information content (AvgIpc) is 3.39. The first kappa shape index (κ1) is 17.2. The molecular formula is C20H13F3N2O2. The molecule has 1 fully saturated rings. The normalized spacial score (nSPS) is 14.3. The maximum atomic E-state index is 13.6. The first-order valence-electron chi connectivity index (χ1n) is 8.29.